The highest BCUT2D eigenvalue weighted by atomic mass is 35.5. The predicted molar refractivity (Wildman–Crippen MR) is 110 cm³/mol. The standard InChI is InChI=1S/C20H14ClN5O2S/c21-15-3-1-12(2-4-15)17-6-5-16(28-17)10-25-18(27)11-29-20-14(9-23)7-13(8-22)19(24)26-20/h1-7H,10-11H2,(H2,24,26)(H,25,27). The van der Waals surface area contributed by atoms with Crippen molar-refractivity contribution in [3.8, 4) is 23.5 Å². The van der Waals surface area contributed by atoms with Crippen molar-refractivity contribution in [3.63, 3.8) is 0 Å². The predicted octanol–water partition coefficient (Wildman–Crippen LogP) is 3.73. The first-order valence-corrected chi connectivity index (χ1v) is 9.71. The Balaban J connectivity index is 1.56. The fourth-order valence-electron chi connectivity index (χ4n) is 2.40. The zero-order valence-corrected chi connectivity index (χ0v) is 16.5. The van der Waals surface area contributed by atoms with E-state index in [4.69, 9.17) is 27.0 Å². The van der Waals surface area contributed by atoms with E-state index in [0.29, 0.717) is 21.6 Å². The van der Waals surface area contributed by atoms with E-state index in [2.05, 4.69) is 10.3 Å². The molecule has 0 radical (unpaired) electrons. The zero-order valence-electron chi connectivity index (χ0n) is 15.0. The number of halogens is 1. The number of anilines is 1. The van der Waals surface area contributed by atoms with Crippen molar-refractivity contribution in [2.45, 2.75) is 11.6 Å². The van der Waals surface area contributed by atoms with Crippen molar-refractivity contribution in [2.24, 2.45) is 0 Å². The Morgan fingerprint density at radius 3 is 2.59 bits per heavy atom. The van der Waals surface area contributed by atoms with Gasteiger partial charge in [0.25, 0.3) is 0 Å². The molecule has 29 heavy (non-hydrogen) atoms. The van der Waals surface area contributed by atoms with Gasteiger partial charge in [-0.15, -0.1) is 0 Å². The fraction of sp³-hybridized carbons (Fsp3) is 0.100. The Hall–Kier alpha value is -3.46. The van der Waals surface area contributed by atoms with E-state index < -0.39 is 0 Å². The molecule has 2 heterocycles. The summed E-state index contributed by atoms with van der Waals surface area (Å²) in [6, 6.07) is 16.1. The summed E-state index contributed by atoms with van der Waals surface area (Å²) in [5, 5.41) is 21.8. The lowest BCUT2D eigenvalue weighted by atomic mass is 10.2. The maximum absolute atomic E-state index is 12.1. The van der Waals surface area contributed by atoms with E-state index in [0.717, 1.165) is 17.3 Å². The molecule has 0 bridgehead atoms. The molecule has 1 amide bonds. The smallest absolute Gasteiger partial charge is 0.230 e. The molecule has 0 spiro atoms. The summed E-state index contributed by atoms with van der Waals surface area (Å²) in [4.78, 5) is 16.2. The number of hydrogen-bond acceptors (Lipinski definition) is 7. The van der Waals surface area contributed by atoms with Crippen LogP contribution in [0.25, 0.3) is 11.3 Å². The third kappa shape index (κ3) is 5.08. The molecular formula is C20H14ClN5O2S. The van der Waals surface area contributed by atoms with Crippen molar-refractivity contribution in [1.82, 2.24) is 10.3 Å². The van der Waals surface area contributed by atoms with Gasteiger partial charge in [-0.05, 0) is 42.5 Å². The second-order valence-electron chi connectivity index (χ2n) is 5.84. The zero-order chi connectivity index (χ0) is 20.8. The molecule has 0 atom stereocenters. The summed E-state index contributed by atoms with van der Waals surface area (Å²) in [7, 11) is 0. The number of hydrogen-bond donors (Lipinski definition) is 2. The number of aromatic nitrogens is 1. The number of furan rings is 1. The van der Waals surface area contributed by atoms with Gasteiger partial charge in [0.1, 0.15) is 34.5 Å². The summed E-state index contributed by atoms with van der Waals surface area (Å²) in [6.07, 6.45) is 0. The maximum Gasteiger partial charge on any atom is 0.230 e. The molecule has 3 N–H and O–H groups in total. The lowest BCUT2D eigenvalue weighted by molar-refractivity contribution is -0.118. The highest BCUT2D eigenvalue weighted by Gasteiger charge is 2.13. The van der Waals surface area contributed by atoms with Crippen molar-refractivity contribution < 1.29 is 9.21 Å². The Bertz CT molecular complexity index is 1130. The number of nitriles is 2. The molecule has 0 saturated carbocycles. The second-order valence-corrected chi connectivity index (χ2v) is 7.24. The van der Waals surface area contributed by atoms with Gasteiger partial charge in [0.2, 0.25) is 5.91 Å². The van der Waals surface area contributed by atoms with Crippen molar-refractivity contribution in [1.29, 1.82) is 10.5 Å². The van der Waals surface area contributed by atoms with Crippen molar-refractivity contribution >= 4 is 35.1 Å². The highest BCUT2D eigenvalue weighted by molar-refractivity contribution is 8.00. The molecule has 9 heteroatoms. The number of pyridine rings is 1. The molecule has 0 fully saturated rings. The normalized spacial score (nSPS) is 10.2. The first kappa shape index (κ1) is 20.3. The van der Waals surface area contributed by atoms with Crippen LogP contribution in [0.3, 0.4) is 0 Å². The van der Waals surface area contributed by atoms with E-state index in [1.54, 1.807) is 18.2 Å². The van der Waals surface area contributed by atoms with Gasteiger partial charge >= 0.3 is 0 Å². The fourth-order valence-corrected chi connectivity index (χ4v) is 3.32. The Kier molecular flexibility index (Phi) is 6.40. The third-order valence-electron chi connectivity index (χ3n) is 3.85. The number of nitrogens with one attached hydrogen (secondary N) is 1. The van der Waals surface area contributed by atoms with E-state index in [1.165, 1.54) is 6.07 Å². The second kappa shape index (κ2) is 9.16. The molecule has 2 aromatic heterocycles. The summed E-state index contributed by atoms with van der Waals surface area (Å²) in [5.74, 6) is 1.09. The number of nitrogens with two attached hydrogens (primary N) is 1. The molecule has 0 aliphatic rings. The van der Waals surface area contributed by atoms with Gasteiger partial charge in [-0.25, -0.2) is 4.98 Å². The molecule has 3 rings (SSSR count). The molecule has 144 valence electrons. The van der Waals surface area contributed by atoms with Gasteiger partial charge in [-0.3, -0.25) is 4.79 Å². The third-order valence-corrected chi connectivity index (χ3v) is 5.09. The van der Waals surface area contributed by atoms with Crippen LogP contribution in [0.15, 0.2) is 51.9 Å². The molecule has 0 saturated heterocycles. The monoisotopic (exact) mass is 423 g/mol. The summed E-state index contributed by atoms with van der Waals surface area (Å²) in [5.41, 5.74) is 6.89. The van der Waals surface area contributed by atoms with E-state index in [-0.39, 0.29) is 35.1 Å². The van der Waals surface area contributed by atoms with Gasteiger partial charge < -0.3 is 15.5 Å². The van der Waals surface area contributed by atoms with Gasteiger partial charge in [-0.2, -0.15) is 10.5 Å². The van der Waals surface area contributed by atoms with E-state index in [1.807, 2.05) is 30.3 Å². The average molecular weight is 424 g/mol. The number of nitrogens with zero attached hydrogens (tertiary/aromatic N) is 3. The Labute approximate surface area is 176 Å². The van der Waals surface area contributed by atoms with Crippen molar-refractivity contribution in [2.75, 3.05) is 11.5 Å². The molecular weight excluding hydrogens is 410 g/mol. The van der Waals surface area contributed by atoms with Crippen LogP contribution >= 0.6 is 23.4 Å². The minimum absolute atomic E-state index is 0.0275. The Morgan fingerprint density at radius 1 is 1.17 bits per heavy atom. The number of amides is 1. The van der Waals surface area contributed by atoms with Crippen LogP contribution in [-0.2, 0) is 11.3 Å². The van der Waals surface area contributed by atoms with Gasteiger partial charge in [-0.1, -0.05) is 23.4 Å². The average Bonchev–Trinajstić information content (AvgIpc) is 3.20. The van der Waals surface area contributed by atoms with Crippen LogP contribution in [0.4, 0.5) is 5.82 Å². The number of carbonyl (C=O) groups is 1. The van der Waals surface area contributed by atoms with Gasteiger partial charge in [0, 0.05) is 10.6 Å². The van der Waals surface area contributed by atoms with E-state index >= 15 is 0 Å². The molecule has 0 aliphatic heterocycles. The topological polar surface area (TPSA) is 129 Å². The van der Waals surface area contributed by atoms with Crippen LogP contribution in [0.5, 0.6) is 0 Å². The van der Waals surface area contributed by atoms with Crippen LogP contribution in [0.1, 0.15) is 16.9 Å². The largest absolute Gasteiger partial charge is 0.459 e. The highest BCUT2D eigenvalue weighted by Crippen LogP contribution is 2.25. The minimum atomic E-state index is -0.256. The van der Waals surface area contributed by atoms with Crippen LogP contribution in [0.2, 0.25) is 5.02 Å². The number of rotatable bonds is 6. The van der Waals surface area contributed by atoms with Gasteiger partial charge in [0.05, 0.1) is 23.4 Å². The summed E-state index contributed by atoms with van der Waals surface area (Å²) < 4.78 is 5.73. The number of thioether (sulfide) groups is 1. The molecule has 0 aliphatic carbocycles. The molecule has 3 aromatic rings. The number of carbonyl (C=O) groups excluding carboxylic acids is 1. The van der Waals surface area contributed by atoms with Crippen LogP contribution in [-0.4, -0.2) is 16.6 Å². The summed E-state index contributed by atoms with van der Waals surface area (Å²) >= 11 is 6.96. The van der Waals surface area contributed by atoms with Crippen molar-refractivity contribution in [3.05, 3.63) is 64.4 Å². The number of nitrogen functional groups attached to an aromatic ring is 1. The lowest BCUT2D eigenvalue weighted by Crippen LogP contribution is -2.24. The first-order valence-electron chi connectivity index (χ1n) is 8.35. The minimum Gasteiger partial charge on any atom is -0.459 e. The Morgan fingerprint density at radius 2 is 1.90 bits per heavy atom. The number of benzene rings is 1. The quantitative estimate of drug-likeness (QED) is 0.578. The van der Waals surface area contributed by atoms with E-state index in [9.17, 15) is 10.1 Å². The SMILES string of the molecule is N#Cc1cc(C#N)c(SCC(=O)NCc2ccc(-c3ccc(Cl)cc3)o2)nc1N. The van der Waals surface area contributed by atoms with Gasteiger partial charge in [0.15, 0.2) is 0 Å². The first-order chi connectivity index (χ1) is 14.0. The lowest BCUT2D eigenvalue weighted by Gasteiger charge is -2.06. The molecule has 0 unspecified atom stereocenters. The summed E-state index contributed by atoms with van der Waals surface area (Å²) in [6.45, 7) is 0.223. The maximum atomic E-state index is 12.1. The molecule has 7 nitrogen and oxygen atoms in total. The molecule has 1 aromatic carbocycles. The van der Waals surface area contributed by atoms with Crippen LogP contribution < -0.4 is 11.1 Å². The van der Waals surface area contributed by atoms with Crippen LogP contribution in [0, 0.1) is 22.7 Å².